The van der Waals surface area contributed by atoms with E-state index in [0.29, 0.717) is 32.4 Å². The molecule has 0 saturated carbocycles. The van der Waals surface area contributed by atoms with Crippen molar-refractivity contribution in [1.29, 1.82) is 0 Å². The van der Waals surface area contributed by atoms with Crippen molar-refractivity contribution in [3.63, 3.8) is 0 Å². The van der Waals surface area contributed by atoms with Gasteiger partial charge in [0, 0.05) is 37.9 Å². The summed E-state index contributed by atoms with van der Waals surface area (Å²) in [5.74, 6) is 4.88. The molecule has 1 aliphatic heterocycles. The van der Waals surface area contributed by atoms with Crippen molar-refractivity contribution in [2.24, 2.45) is 0 Å². The molecule has 1 atom stereocenters. The van der Waals surface area contributed by atoms with Crippen molar-refractivity contribution in [3.05, 3.63) is 41.5 Å². The molecule has 0 aliphatic carbocycles. The molecule has 11 heteroatoms. The minimum Gasteiger partial charge on any atom is -0.299 e. The molecule has 1 unspecified atom stereocenters. The Morgan fingerprint density at radius 1 is 1.18 bits per heavy atom. The SMILES string of the molecule is CC(CCN1CC=C(c2ccc(C#CCCCCS(=O)(=O)O)cc2)CC1)(C(=O)NO)S(C)(=O)=O. The van der Waals surface area contributed by atoms with Gasteiger partial charge in [0.25, 0.3) is 16.0 Å². The van der Waals surface area contributed by atoms with E-state index in [9.17, 15) is 21.6 Å². The van der Waals surface area contributed by atoms with E-state index in [-0.39, 0.29) is 12.2 Å². The van der Waals surface area contributed by atoms with Crippen LogP contribution in [-0.2, 0) is 24.7 Å². The van der Waals surface area contributed by atoms with Crippen molar-refractivity contribution >= 4 is 31.4 Å². The van der Waals surface area contributed by atoms with Crippen LogP contribution in [0.2, 0.25) is 0 Å². The van der Waals surface area contributed by atoms with E-state index in [1.165, 1.54) is 18.0 Å². The number of nitrogens with zero attached hydrogens (tertiary/aromatic N) is 1. The average molecular weight is 513 g/mol. The van der Waals surface area contributed by atoms with Crippen LogP contribution in [0.1, 0.15) is 50.2 Å². The summed E-state index contributed by atoms with van der Waals surface area (Å²) in [5, 5.41) is 8.94. The third-order valence-electron chi connectivity index (χ3n) is 6.04. The fraction of sp³-hybridized carbons (Fsp3) is 0.522. The summed E-state index contributed by atoms with van der Waals surface area (Å²) < 4.78 is 52.6. The Balaban J connectivity index is 1.89. The summed E-state index contributed by atoms with van der Waals surface area (Å²) in [6.45, 7) is 3.07. The number of nitrogens with one attached hydrogen (secondary N) is 1. The van der Waals surface area contributed by atoms with Gasteiger partial charge in [-0.15, -0.1) is 0 Å². The van der Waals surface area contributed by atoms with E-state index in [0.717, 1.165) is 30.3 Å². The lowest BCUT2D eigenvalue weighted by molar-refractivity contribution is -0.131. The highest BCUT2D eigenvalue weighted by molar-refractivity contribution is 7.92. The Labute approximate surface area is 201 Å². The predicted octanol–water partition coefficient (Wildman–Crippen LogP) is 1.88. The van der Waals surface area contributed by atoms with Gasteiger partial charge in [0.05, 0.1) is 5.75 Å². The summed E-state index contributed by atoms with van der Waals surface area (Å²) in [6.07, 6.45) is 5.46. The number of rotatable bonds is 10. The normalized spacial score (nSPS) is 16.6. The van der Waals surface area contributed by atoms with Crippen molar-refractivity contribution in [2.45, 2.75) is 43.8 Å². The Morgan fingerprint density at radius 3 is 2.38 bits per heavy atom. The number of hydrogen-bond donors (Lipinski definition) is 3. The lowest BCUT2D eigenvalue weighted by Crippen LogP contribution is -2.51. The summed E-state index contributed by atoms with van der Waals surface area (Å²) in [6, 6.07) is 7.85. The minimum atomic E-state index is -3.91. The maximum atomic E-state index is 12.1. The number of hydroxylamine groups is 1. The third kappa shape index (κ3) is 8.21. The molecule has 0 spiro atoms. The predicted molar refractivity (Wildman–Crippen MR) is 130 cm³/mol. The number of hydrogen-bond acceptors (Lipinski definition) is 7. The lowest BCUT2D eigenvalue weighted by atomic mass is 9.98. The maximum Gasteiger partial charge on any atom is 0.264 e. The molecule has 0 radical (unpaired) electrons. The Kier molecular flexibility index (Phi) is 9.84. The fourth-order valence-corrected chi connectivity index (χ4v) is 4.98. The Bertz CT molecular complexity index is 1160. The smallest absolute Gasteiger partial charge is 0.264 e. The van der Waals surface area contributed by atoms with E-state index < -0.39 is 30.6 Å². The molecule has 34 heavy (non-hydrogen) atoms. The van der Waals surface area contributed by atoms with Crippen LogP contribution < -0.4 is 5.48 Å². The second-order valence-electron chi connectivity index (χ2n) is 8.60. The molecule has 1 amide bonds. The molecule has 1 aliphatic rings. The van der Waals surface area contributed by atoms with E-state index in [1.807, 2.05) is 24.3 Å². The molecule has 0 aromatic heterocycles. The van der Waals surface area contributed by atoms with Gasteiger partial charge in [0.1, 0.15) is 0 Å². The summed E-state index contributed by atoms with van der Waals surface area (Å²) >= 11 is 0. The quantitative estimate of drug-likeness (QED) is 0.142. The van der Waals surface area contributed by atoms with Gasteiger partial charge >= 0.3 is 0 Å². The van der Waals surface area contributed by atoms with Crippen LogP contribution in [0.4, 0.5) is 0 Å². The fourth-order valence-electron chi connectivity index (χ4n) is 3.56. The molecule has 1 aromatic carbocycles. The van der Waals surface area contributed by atoms with E-state index in [4.69, 9.17) is 9.76 Å². The molecule has 1 heterocycles. The van der Waals surface area contributed by atoms with Gasteiger partial charge in [-0.25, -0.2) is 13.9 Å². The molecule has 0 bridgehead atoms. The molecular formula is C23H32N2O7S2. The van der Waals surface area contributed by atoms with Crippen molar-refractivity contribution < 1.29 is 31.4 Å². The minimum absolute atomic E-state index is 0.0740. The van der Waals surface area contributed by atoms with Crippen LogP contribution >= 0.6 is 0 Å². The van der Waals surface area contributed by atoms with E-state index in [1.54, 1.807) is 0 Å². The molecule has 9 nitrogen and oxygen atoms in total. The molecule has 0 saturated heterocycles. The lowest BCUT2D eigenvalue weighted by Gasteiger charge is -2.31. The van der Waals surface area contributed by atoms with Gasteiger partial charge < -0.3 is 0 Å². The van der Waals surface area contributed by atoms with Gasteiger partial charge in [-0.3, -0.25) is 19.5 Å². The zero-order chi connectivity index (χ0) is 25.4. The number of carbonyl (C=O) groups excluding carboxylic acids is 1. The van der Waals surface area contributed by atoms with Gasteiger partial charge in [-0.2, -0.15) is 8.42 Å². The highest BCUT2D eigenvalue weighted by Crippen LogP contribution is 2.25. The molecular weight excluding hydrogens is 480 g/mol. The highest BCUT2D eigenvalue weighted by atomic mass is 32.2. The first-order valence-corrected chi connectivity index (χ1v) is 14.5. The zero-order valence-electron chi connectivity index (χ0n) is 19.5. The average Bonchev–Trinajstić information content (AvgIpc) is 2.78. The van der Waals surface area contributed by atoms with Crippen LogP contribution in [0.3, 0.4) is 0 Å². The van der Waals surface area contributed by atoms with Gasteiger partial charge in [-0.1, -0.05) is 30.0 Å². The number of amides is 1. The monoisotopic (exact) mass is 512 g/mol. The molecule has 3 N–H and O–H groups in total. The first-order chi connectivity index (χ1) is 15.9. The van der Waals surface area contributed by atoms with Crippen molar-refractivity contribution in [1.82, 2.24) is 10.4 Å². The van der Waals surface area contributed by atoms with Crippen LogP contribution in [0.15, 0.2) is 30.3 Å². The van der Waals surface area contributed by atoms with Crippen molar-refractivity contribution in [3.8, 4) is 11.8 Å². The first-order valence-electron chi connectivity index (χ1n) is 11.0. The molecule has 2 rings (SSSR count). The van der Waals surface area contributed by atoms with Gasteiger partial charge in [0.2, 0.25) is 0 Å². The third-order valence-corrected chi connectivity index (χ3v) is 8.87. The summed E-state index contributed by atoms with van der Waals surface area (Å²) in [4.78, 5) is 14.0. The standard InChI is InChI=1S/C23H32N2O7S2/c1-23(22(26)24-27,33(2,28)29)14-17-25-15-12-21(13-16-25)20-10-8-19(9-11-20)7-5-3-4-6-18-34(30,31)32/h8-12,27H,3-4,6,13-18H2,1-2H3,(H,24,26)(H,30,31,32). The highest BCUT2D eigenvalue weighted by Gasteiger charge is 2.43. The van der Waals surface area contributed by atoms with Gasteiger partial charge in [0.15, 0.2) is 14.6 Å². The van der Waals surface area contributed by atoms with Gasteiger partial charge in [-0.05, 0) is 55.9 Å². The molecule has 1 aromatic rings. The number of unbranched alkanes of at least 4 members (excludes halogenated alkanes) is 2. The van der Waals surface area contributed by atoms with Crippen LogP contribution in [0.5, 0.6) is 0 Å². The Morgan fingerprint density at radius 2 is 1.85 bits per heavy atom. The second kappa shape index (κ2) is 12.0. The first kappa shape index (κ1) is 28.0. The number of sulfone groups is 1. The summed E-state index contributed by atoms with van der Waals surface area (Å²) in [5.41, 5.74) is 4.59. The molecule has 188 valence electrons. The second-order valence-corrected chi connectivity index (χ2v) is 12.6. The molecule has 0 fully saturated rings. The Hall–Kier alpha value is -2.23. The maximum absolute atomic E-state index is 12.1. The van der Waals surface area contributed by atoms with E-state index in [2.05, 4.69) is 22.8 Å². The van der Waals surface area contributed by atoms with Crippen LogP contribution in [0, 0.1) is 11.8 Å². The zero-order valence-corrected chi connectivity index (χ0v) is 21.1. The number of benzene rings is 1. The number of carbonyl (C=O) groups is 1. The van der Waals surface area contributed by atoms with Crippen LogP contribution in [-0.4, -0.2) is 73.8 Å². The largest absolute Gasteiger partial charge is 0.299 e. The van der Waals surface area contributed by atoms with E-state index >= 15 is 0 Å². The topological polar surface area (TPSA) is 141 Å². The summed E-state index contributed by atoms with van der Waals surface area (Å²) in [7, 11) is -7.62. The van der Waals surface area contributed by atoms with Crippen LogP contribution in [0.25, 0.3) is 5.57 Å². The van der Waals surface area contributed by atoms with Crippen molar-refractivity contribution in [2.75, 3.05) is 31.6 Å².